The van der Waals surface area contributed by atoms with Gasteiger partial charge < -0.3 is 40.0 Å². The highest BCUT2D eigenvalue weighted by atomic mass is 16.5. The van der Waals surface area contributed by atoms with Crippen molar-refractivity contribution in [2.45, 2.75) is 62.7 Å². The molecule has 0 radical (unpaired) electrons. The van der Waals surface area contributed by atoms with Gasteiger partial charge in [0.2, 0.25) is 5.91 Å². The van der Waals surface area contributed by atoms with Gasteiger partial charge in [-0.25, -0.2) is 19.6 Å². The van der Waals surface area contributed by atoms with Crippen LogP contribution in [0.15, 0.2) is 97.3 Å². The zero-order valence-corrected chi connectivity index (χ0v) is 33.9. The zero-order chi connectivity index (χ0) is 42.1. The van der Waals surface area contributed by atoms with Crippen LogP contribution in [0.2, 0.25) is 0 Å². The second-order valence-electron chi connectivity index (χ2n) is 15.3. The molecule has 3 saturated heterocycles. The number of likely N-dealkylation sites (tertiary alicyclic amines) is 3. The molecular weight excluding hydrogens is 771 g/mol. The van der Waals surface area contributed by atoms with E-state index in [-0.39, 0.29) is 29.9 Å². The third-order valence-corrected chi connectivity index (χ3v) is 11.3. The predicted octanol–water partition coefficient (Wildman–Crippen LogP) is 5.90. The maximum absolute atomic E-state index is 14.1. The van der Waals surface area contributed by atoms with Crippen LogP contribution in [-0.2, 0) is 14.3 Å². The molecule has 0 saturated carbocycles. The van der Waals surface area contributed by atoms with Gasteiger partial charge in [0.1, 0.15) is 35.1 Å². The van der Waals surface area contributed by atoms with Crippen LogP contribution >= 0.6 is 0 Å². The molecule has 14 heteroatoms. The molecule has 0 spiro atoms. The highest BCUT2D eigenvalue weighted by molar-refractivity contribution is 5.89. The summed E-state index contributed by atoms with van der Waals surface area (Å²) in [5.41, 5.74) is 4.25. The standard InChI is InChI=1S/C47H47N9O5/c1-61-47(60)53-41(35-14-6-3-7-15-35)45(58)56-29-11-17-39(56)43-49-31-37(51-43)25-23-33-20-18-32(19-21-33)22-24-36-30-48-42(50-36)38-16-10-28-55(38)44(57)40(34-12-4-2-5-13-34)52-46(59)54-26-8-9-27-54/h2-7,12-15,18-21,30-31,38-41H,8-11,16-17,26-29H2,1H3,(H,48,50)(H,49,51)(H,52,59)(H,53,60)/t38-,39-,40+,41+/m0/s1. The van der Waals surface area contributed by atoms with Crippen LogP contribution in [-0.4, -0.2) is 91.9 Å². The first-order valence-electron chi connectivity index (χ1n) is 20.7. The van der Waals surface area contributed by atoms with Crippen LogP contribution in [0, 0.1) is 23.7 Å². The van der Waals surface area contributed by atoms with Crippen LogP contribution in [0.4, 0.5) is 9.59 Å². The molecule has 4 N–H and O–H groups in total. The van der Waals surface area contributed by atoms with E-state index in [9.17, 15) is 19.2 Å². The molecule has 0 aliphatic carbocycles. The molecule has 4 atom stereocenters. The molecule has 5 heterocycles. The number of H-pyrrole nitrogens is 2. The number of imidazole rings is 2. The van der Waals surface area contributed by atoms with Gasteiger partial charge in [-0.15, -0.1) is 0 Å². The Hall–Kier alpha value is -7.32. The molecule has 5 aromatic rings. The number of nitrogens with zero attached hydrogens (tertiary/aromatic N) is 5. The fourth-order valence-corrected chi connectivity index (χ4v) is 8.19. The highest BCUT2D eigenvalue weighted by Gasteiger charge is 2.39. The maximum Gasteiger partial charge on any atom is 0.407 e. The molecular formula is C47H47N9O5. The Morgan fingerprint density at radius 2 is 1.08 bits per heavy atom. The number of methoxy groups -OCH3 is 1. The zero-order valence-electron chi connectivity index (χ0n) is 33.9. The molecule has 14 nitrogen and oxygen atoms in total. The van der Waals surface area contributed by atoms with E-state index in [0.29, 0.717) is 54.8 Å². The topological polar surface area (TPSA) is 169 Å². The van der Waals surface area contributed by atoms with Gasteiger partial charge in [-0.1, -0.05) is 72.5 Å². The average molecular weight is 818 g/mol. The summed E-state index contributed by atoms with van der Waals surface area (Å²) in [6, 6.07) is 23.6. The lowest BCUT2D eigenvalue weighted by Gasteiger charge is -2.30. The van der Waals surface area contributed by atoms with Gasteiger partial charge in [0.05, 0.1) is 31.6 Å². The number of ether oxygens (including phenoxy) is 1. The Morgan fingerprint density at radius 3 is 1.54 bits per heavy atom. The van der Waals surface area contributed by atoms with Crippen molar-refractivity contribution in [3.05, 3.63) is 143 Å². The van der Waals surface area contributed by atoms with Crippen molar-refractivity contribution in [3.8, 4) is 23.7 Å². The van der Waals surface area contributed by atoms with Crippen LogP contribution in [0.1, 0.15) is 108 Å². The molecule has 3 aliphatic rings. The summed E-state index contributed by atoms with van der Waals surface area (Å²) in [5.74, 6) is 13.6. The number of nitrogens with one attached hydrogen (secondary N) is 4. The summed E-state index contributed by atoms with van der Waals surface area (Å²) >= 11 is 0. The Labute approximate surface area is 354 Å². The minimum absolute atomic E-state index is 0.155. The largest absolute Gasteiger partial charge is 0.453 e. The molecule has 3 aliphatic heterocycles. The van der Waals surface area contributed by atoms with E-state index >= 15 is 0 Å². The summed E-state index contributed by atoms with van der Waals surface area (Å²) in [6.45, 7) is 2.49. The van der Waals surface area contributed by atoms with Crippen molar-refractivity contribution >= 4 is 23.9 Å². The molecule has 0 bridgehead atoms. The van der Waals surface area contributed by atoms with Crippen LogP contribution < -0.4 is 10.6 Å². The third kappa shape index (κ3) is 9.45. The number of hydrogen-bond acceptors (Lipinski definition) is 7. The van der Waals surface area contributed by atoms with Crippen molar-refractivity contribution in [1.29, 1.82) is 0 Å². The van der Waals surface area contributed by atoms with E-state index < -0.39 is 18.2 Å². The average Bonchev–Trinajstić information content (AvgIpc) is 4.16. The molecule has 8 rings (SSSR count). The van der Waals surface area contributed by atoms with E-state index in [1.807, 2.05) is 77.7 Å². The van der Waals surface area contributed by atoms with E-state index in [4.69, 9.17) is 4.74 Å². The number of alkyl carbamates (subject to hydrolysis) is 1. The van der Waals surface area contributed by atoms with Gasteiger partial charge in [-0.2, -0.15) is 0 Å². The molecule has 0 unspecified atom stereocenters. The van der Waals surface area contributed by atoms with Crippen molar-refractivity contribution < 1.29 is 23.9 Å². The van der Waals surface area contributed by atoms with Gasteiger partial charge in [-0.3, -0.25) is 9.59 Å². The number of carbonyl (C=O) groups is 4. The van der Waals surface area contributed by atoms with Crippen LogP contribution in [0.25, 0.3) is 0 Å². The fraction of sp³-hybridized carbons (Fsp3) is 0.319. The van der Waals surface area contributed by atoms with E-state index in [2.05, 4.69) is 54.3 Å². The second kappa shape index (κ2) is 18.7. The minimum Gasteiger partial charge on any atom is -0.453 e. The third-order valence-electron chi connectivity index (χ3n) is 11.3. The molecule has 2 aromatic heterocycles. The number of hydrogen-bond donors (Lipinski definition) is 4. The Kier molecular flexibility index (Phi) is 12.4. The first kappa shape index (κ1) is 40.5. The van der Waals surface area contributed by atoms with E-state index in [0.717, 1.165) is 55.2 Å². The monoisotopic (exact) mass is 817 g/mol. The number of amides is 5. The summed E-state index contributed by atoms with van der Waals surface area (Å²) in [4.78, 5) is 74.4. The first-order chi connectivity index (χ1) is 29.8. The van der Waals surface area contributed by atoms with Gasteiger partial charge in [0, 0.05) is 37.3 Å². The predicted molar refractivity (Wildman–Crippen MR) is 226 cm³/mol. The van der Waals surface area contributed by atoms with Crippen LogP contribution in [0.3, 0.4) is 0 Å². The van der Waals surface area contributed by atoms with Gasteiger partial charge in [0.15, 0.2) is 0 Å². The van der Waals surface area contributed by atoms with Crippen molar-refractivity contribution in [2.24, 2.45) is 0 Å². The van der Waals surface area contributed by atoms with Crippen LogP contribution in [0.5, 0.6) is 0 Å². The van der Waals surface area contributed by atoms with Gasteiger partial charge in [0.25, 0.3) is 5.91 Å². The first-order valence-corrected chi connectivity index (χ1v) is 20.7. The molecule has 3 fully saturated rings. The second-order valence-corrected chi connectivity index (χ2v) is 15.3. The Balaban J connectivity index is 0.897. The fourth-order valence-electron chi connectivity index (χ4n) is 8.19. The number of aromatic nitrogens is 4. The smallest absolute Gasteiger partial charge is 0.407 e. The molecule has 61 heavy (non-hydrogen) atoms. The normalized spacial score (nSPS) is 18.0. The van der Waals surface area contributed by atoms with Crippen molar-refractivity contribution in [1.82, 2.24) is 45.3 Å². The molecule has 5 amide bonds. The highest BCUT2D eigenvalue weighted by Crippen LogP contribution is 2.34. The number of carbonyl (C=O) groups excluding carboxylic acids is 4. The summed E-state index contributed by atoms with van der Waals surface area (Å²) in [6.07, 6.45) is 7.70. The quantitative estimate of drug-likeness (QED) is 0.141. The maximum atomic E-state index is 14.1. The minimum atomic E-state index is -0.895. The number of benzene rings is 3. The SMILES string of the molecule is COC(=O)N[C@@H](C(=O)N1CCC[C@H]1c1ncc(C#Cc2ccc(C#Cc3cnc([C@@H]4CCCN4C(=O)[C@H](NC(=O)N4CCCC4)c4ccccc4)[nH]3)cc2)[nH]1)c1ccccc1. The lowest BCUT2D eigenvalue weighted by Crippen LogP contribution is -2.46. The lowest BCUT2D eigenvalue weighted by atomic mass is 10.0. The summed E-state index contributed by atoms with van der Waals surface area (Å²) in [7, 11) is 1.27. The van der Waals surface area contributed by atoms with Gasteiger partial charge in [-0.05, 0) is 85.8 Å². The molecule has 3 aromatic carbocycles. The number of urea groups is 1. The van der Waals surface area contributed by atoms with E-state index in [1.54, 1.807) is 34.3 Å². The lowest BCUT2D eigenvalue weighted by molar-refractivity contribution is -0.135. The van der Waals surface area contributed by atoms with Crippen molar-refractivity contribution in [3.63, 3.8) is 0 Å². The van der Waals surface area contributed by atoms with Crippen molar-refractivity contribution in [2.75, 3.05) is 33.3 Å². The summed E-state index contributed by atoms with van der Waals surface area (Å²) in [5, 5.41) is 5.71. The number of rotatable bonds is 8. The number of aromatic amines is 2. The van der Waals surface area contributed by atoms with Gasteiger partial charge >= 0.3 is 12.1 Å². The Bertz CT molecular complexity index is 2470. The summed E-state index contributed by atoms with van der Waals surface area (Å²) < 4.78 is 4.81. The Morgan fingerprint density at radius 1 is 0.623 bits per heavy atom. The van der Waals surface area contributed by atoms with E-state index in [1.165, 1.54) is 7.11 Å². The molecule has 310 valence electrons.